The van der Waals surface area contributed by atoms with Crippen molar-refractivity contribution in [2.75, 3.05) is 19.6 Å². The molecule has 0 aliphatic carbocycles. The van der Waals surface area contributed by atoms with Gasteiger partial charge in [-0.1, -0.05) is 26.7 Å². The molecule has 0 radical (unpaired) electrons. The van der Waals surface area contributed by atoms with Crippen LogP contribution in [0, 0.1) is 11.8 Å². The summed E-state index contributed by atoms with van der Waals surface area (Å²) in [5.74, 6) is 1.78. The lowest BCUT2D eigenvalue weighted by molar-refractivity contribution is -0.133. The predicted molar refractivity (Wildman–Crippen MR) is 71.7 cm³/mol. The first-order valence-electron chi connectivity index (χ1n) is 7.13. The molecule has 1 aliphatic heterocycles. The molecular weight excluding hydrogens is 212 g/mol. The average Bonchev–Trinajstić information content (AvgIpc) is 2.32. The van der Waals surface area contributed by atoms with Gasteiger partial charge >= 0.3 is 0 Å². The van der Waals surface area contributed by atoms with Gasteiger partial charge in [-0.2, -0.15) is 0 Å². The summed E-state index contributed by atoms with van der Waals surface area (Å²) < 4.78 is 0. The molecule has 0 aromatic carbocycles. The lowest BCUT2D eigenvalue weighted by Crippen LogP contribution is -2.42. The molecule has 0 saturated carbocycles. The number of unbranched alkanes of at least 4 members (excludes halogenated alkanes) is 3. The molecule has 3 nitrogen and oxygen atoms in total. The Hall–Kier alpha value is -0.570. The first-order chi connectivity index (χ1) is 8.15. The molecule has 100 valence electrons. The van der Waals surface area contributed by atoms with Crippen molar-refractivity contribution in [3.8, 4) is 0 Å². The first-order valence-corrected chi connectivity index (χ1v) is 7.13. The number of likely N-dealkylation sites (tertiary alicyclic amines) is 1. The number of hydrogen-bond donors (Lipinski definition) is 1. The van der Waals surface area contributed by atoms with Crippen LogP contribution in [0.2, 0.25) is 0 Å². The number of hydrogen-bond acceptors (Lipinski definition) is 2. The van der Waals surface area contributed by atoms with Crippen molar-refractivity contribution < 1.29 is 4.79 Å². The van der Waals surface area contributed by atoms with Gasteiger partial charge in [-0.05, 0) is 37.6 Å². The van der Waals surface area contributed by atoms with E-state index in [1.807, 2.05) is 0 Å². The molecule has 1 saturated heterocycles. The van der Waals surface area contributed by atoms with Crippen LogP contribution >= 0.6 is 0 Å². The van der Waals surface area contributed by atoms with E-state index in [0.717, 1.165) is 57.7 Å². The highest BCUT2D eigenvalue weighted by Crippen LogP contribution is 2.23. The van der Waals surface area contributed by atoms with Gasteiger partial charge in [-0.15, -0.1) is 0 Å². The highest BCUT2D eigenvalue weighted by molar-refractivity contribution is 5.76. The second-order valence-electron chi connectivity index (χ2n) is 5.54. The van der Waals surface area contributed by atoms with Crippen LogP contribution in [-0.4, -0.2) is 30.4 Å². The summed E-state index contributed by atoms with van der Waals surface area (Å²) in [4.78, 5) is 14.0. The van der Waals surface area contributed by atoms with Gasteiger partial charge in [-0.3, -0.25) is 4.79 Å². The van der Waals surface area contributed by atoms with E-state index in [-0.39, 0.29) is 0 Å². The summed E-state index contributed by atoms with van der Waals surface area (Å²) in [6.07, 6.45) is 6.32. The lowest BCUT2D eigenvalue weighted by atomic mass is 9.88. The summed E-state index contributed by atoms with van der Waals surface area (Å²) in [5, 5.41) is 0. The second-order valence-corrected chi connectivity index (χ2v) is 5.54. The highest BCUT2D eigenvalue weighted by atomic mass is 16.2. The summed E-state index contributed by atoms with van der Waals surface area (Å²) in [6.45, 7) is 7.25. The van der Waals surface area contributed by atoms with Gasteiger partial charge in [0.25, 0.3) is 0 Å². The number of nitrogens with zero attached hydrogens (tertiary/aromatic N) is 1. The lowest BCUT2D eigenvalue weighted by Gasteiger charge is -2.35. The maximum absolute atomic E-state index is 12.0. The van der Waals surface area contributed by atoms with Crippen molar-refractivity contribution in [2.24, 2.45) is 17.6 Å². The molecule has 2 atom stereocenters. The fourth-order valence-corrected chi connectivity index (χ4v) is 2.42. The molecule has 17 heavy (non-hydrogen) atoms. The van der Waals surface area contributed by atoms with Crippen molar-refractivity contribution >= 4 is 5.91 Å². The van der Waals surface area contributed by atoms with Crippen LogP contribution in [0.3, 0.4) is 0 Å². The standard InChI is InChI=1S/C14H28N2O/c1-12-8-10-16(11-13(12)2)14(17)7-5-3-4-6-9-15/h12-13H,3-11,15H2,1-2H3. The molecular formula is C14H28N2O. The van der Waals surface area contributed by atoms with E-state index >= 15 is 0 Å². The SMILES string of the molecule is CC1CCN(C(=O)CCCCCCN)CC1C. The monoisotopic (exact) mass is 240 g/mol. The number of amides is 1. The third kappa shape index (κ3) is 5.07. The number of carbonyl (C=O) groups is 1. The fourth-order valence-electron chi connectivity index (χ4n) is 2.42. The Kier molecular flexibility index (Phi) is 6.56. The molecule has 1 fully saturated rings. The molecule has 0 aromatic heterocycles. The predicted octanol–water partition coefficient (Wildman–Crippen LogP) is 2.40. The fraction of sp³-hybridized carbons (Fsp3) is 0.929. The van der Waals surface area contributed by atoms with Crippen molar-refractivity contribution in [3.05, 3.63) is 0 Å². The Balaban J connectivity index is 2.15. The number of nitrogens with two attached hydrogens (primary N) is 1. The van der Waals surface area contributed by atoms with Crippen LogP contribution < -0.4 is 5.73 Å². The average molecular weight is 240 g/mol. The molecule has 0 aromatic rings. The smallest absolute Gasteiger partial charge is 0.222 e. The van der Waals surface area contributed by atoms with E-state index in [1.165, 1.54) is 6.42 Å². The summed E-state index contributed by atoms with van der Waals surface area (Å²) in [5.41, 5.74) is 5.44. The van der Waals surface area contributed by atoms with Gasteiger partial charge in [0.1, 0.15) is 0 Å². The third-order valence-electron chi connectivity index (χ3n) is 4.03. The molecule has 1 amide bonds. The van der Waals surface area contributed by atoms with E-state index in [4.69, 9.17) is 5.73 Å². The molecule has 1 aliphatic rings. The maximum atomic E-state index is 12.0. The Labute approximate surface area is 106 Å². The van der Waals surface area contributed by atoms with Crippen molar-refractivity contribution in [1.29, 1.82) is 0 Å². The van der Waals surface area contributed by atoms with Gasteiger partial charge in [0, 0.05) is 19.5 Å². The Morgan fingerprint density at radius 2 is 1.88 bits per heavy atom. The van der Waals surface area contributed by atoms with Crippen LogP contribution in [0.1, 0.15) is 52.4 Å². The third-order valence-corrected chi connectivity index (χ3v) is 4.03. The zero-order chi connectivity index (χ0) is 12.7. The number of rotatable bonds is 6. The van der Waals surface area contributed by atoms with Crippen LogP contribution in [0.4, 0.5) is 0 Å². The summed E-state index contributed by atoms with van der Waals surface area (Å²) >= 11 is 0. The normalized spacial score (nSPS) is 25.0. The van der Waals surface area contributed by atoms with Gasteiger partial charge in [0.05, 0.1) is 0 Å². The zero-order valence-electron chi connectivity index (χ0n) is 11.5. The number of piperidine rings is 1. The van der Waals surface area contributed by atoms with Crippen LogP contribution in [-0.2, 0) is 4.79 Å². The van der Waals surface area contributed by atoms with E-state index in [1.54, 1.807) is 0 Å². The molecule has 3 heteroatoms. The van der Waals surface area contributed by atoms with E-state index < -0.39 is 0 Å². The minimum absolute atomic E-state index is 0.358. The first kappa shape index (κ1) is 14.5. The Morgan fingerprint density at radius 3 is 2.53 bits per heavy atom. The van der Waals surface area contributed by atoms with E-state index in [0.29, 0.717) is 11.8 Å². The van der Waals surface area contributed by atoms with Crippen molar-refractivity contribution in [3.63, 3.8) is 0 Å². The van der Waals surface area contributed by atoms with Gasteiger partial charge in [0.15, 0.2) is 0 Å². The van der Waals surface area contributed by atoms with Crippen molar-refractivity contribution in [2.45, 2.75) is 52.4 Å². The van der Waals surface area contributed by atoms with Gasteiger partial charge in [-0.25, -0.2) is 0 Å². The summed E-state index contributed by atoms with van der Waals surface area (Å²) in [6, 6.07) is 0. The van der Waals surface area contributed by atoms with Crippen LogP contribution in [0.15, 0.2) is 0 Å². The van der Waals surface area contributed by atoms with Crippen LogP contribution in [0.5, 0.6) is 0 Å². The van der Waals surface area contributed by atoms with Gasteiger partial charge in [0.2, 0.25) is 5.91 Å². The maximum Gasteiger partial charge on any atom is 0.222 e. The Morgan fingerprint density at radius 1 is 1.18 bits per heavy atom. The van der Waals surface area contributed by atoms with Crippen LogP contribution in [0.25, 0.3) is 0 Å². The molecule has 2 N–H and O–H groups in total. The topological polar surface area (TPSA) is 46.3 Å². The van der Waals surface area contributed by atoms with E-state index in [9.17, 15) is 4.79 Å². The minimum Gasteiger partial charge on any atom is -0.342 e. The second kappa shape index (κ2) is 7.70. The Bertz CT molecular complexity index is 230. The highest BCUT2D eigenvalue weighted by Gasteiger charge is 2.25. The largest absolute Gasteiger partial charge is 0.342 e. The minimum atomic E-state index is 0.358. The molecule has 2 unspecified atom stereocenters. The molecule has 0 spiro atoms. The summed E-state index contributed by atoms with van der Waals surface area (Å²) in [7, 11) is 0. The molecule has 0 bridgehead atoms. The molecule has 1 rings (SSSR count). The number of carbonyl (C=O) groups excluding carboxylic acids is 1. The van der Waals surface area contributed by atoms with Crippen molar-refractivity contribution in [1.82, 2.24) is 4.90 Å². The van der Waals surface area contributed by atoms with Gasteiger partial charge < -0.3 is 10.6 Å². The zero-order valence-corrected chi connectivity index (χ0v) is 11.5. The quantitative estimate of drug-likeness (QED) is 0.725. The molecule has 1 heterocycles. The van der Waals surface area contributed by atoms with E-state index in [2.05, 4.69) is 18.7 Å².